The minimum absolute atomic E-state index is 0.716. The van der Waals surface area contributed by atoms with E-state index in [1.165, 1.54) is 32.2 Å². The van der Waals surface area contributed by atoms with Crippen LogP contribution >= 0.6 is 0 Å². The summed E-state index contributed by atoms with van der Waals surface area (Å²) >= 11 is 0. The lowest BCUT2D eigenvalue weighted by atomic mass is 9.88. The Morgan fingerprint density at radius 3 is 2.71 bits per heavy atom. The lowest BCUT2D eigenvalue weighted by Crippen LogP contribution is -2.41. The molecule has 0 aliphatic carbocycles. The number of rotatable bonds is 3. The molecule has 0 spiro atoms. The first kappa shape index (κ1) is 14.2. The largest absolute Gasteiger partial charge is 0.497 e. The van der Waals surface area contributed by atoms with Crippen molar-refractivity contribution in [2.45, 2.75) is 31.7 Å². The van der Waals surface area contributed by atoms with Crippen LogP contribution in [-0.2, 0) is 0 Å². The lowest BCUT2D eigenvalue weighted by molar-refractivity contribution is 0.319. The van der Waals surface area contributed by atoms with Gasteiger partial charge in [0.25, 0.3) is 0 Å². The monoisotopic (exact) mass is 285 g/mol. The Labute approximate surface area is 126 Å². The summed E-state index contributed by atoms with van der Waals surface area (Å²) in [6.45, 7) is 3.24. The van der Waals surface area contributed by atoms with E-state index in [0.717, 1.165) is 36.0 Å². The van der Waals surface area contributed by atoms with Gasteiger partial charge in [0.2, 0.25) is 0 Å². The van der Waals surface area contributed by atoms with E-state index in [1.54, 1.807) is 7.11 Å². The number of nitriles is 1. The molecule has 0 saturated carbocycles. The highest BCUT2D eigenvalue weighted by atomic mass is 16.5. The maximum atomic E-state index is 9.31. The van der Waals surface area contributed by atoms with Crippen molar-refractivity contribution in [3.8, 4) is 11.8 Å². The first-order valence-corrected chi connectivity index (χ1v) is 7.88. The van der Waals surface area contributed by atoms with Gasteiger partial charge in [-0.15, -0.1) is 0 Å². The summed E-state index contributed by atoms with van der Waals surface area (Å²) in [5.41, 5.74) is 1.77. The summed E-state index contributed by atoms with van der Waals surface area (Å²) in [4.78, 5) is 2.34. The second-order valence-electron chi connectivity index (χ2n) is 6.02. The van der Waals surface area contributed by atoms with E-state index in [2.05, 4.69) is 16.3 Å². The summed E-state index contributed by atoms with van der Waals surface area (Å²) in [7, 11) is 1.67. The number of nitrogens with zero attached hydrogens (tertiary/aromatic N) is 2. The summed E-state index contributed by atoms with van der Waals surface area (Å²) in [5.74, 6) is 1.61. The molecule has 1 unspecified atom stereocenters. The average Bonchev–Trinajstić information content (AvgIpc) is 3.09. The number of nitrogens with one attached hydrogen (secondary N) is 1. The Kier molecular flexibility index (Phi) is 4.31. The minimum Gasteiger partial charge on any atom is -0.497 e. The third kappa shape index (κ3) is 2.98. The van der Waals surface area contributed by atoms with Crippen LogP contribution in [0, 0.1) is 17.2 Å². The maximum absolute atomic E-state index is 9.31. The molecule has 3 rings (SSSR count). The van der Waals surface area contributed by atoms with Gasteiger partial charge >= 0.3 is 0 Å². The Morgan fingerprint density at radius 1 is 1.29 bits per heavy atom. The third-order valence-corrected chi connectivity index (χ3v) is 4.87. The number of hydrogen-bond acceptors (Lipinski definition) is 4. The summed E-state index contributed by atoms with van der Waals surface area (Å²) < 4.78 is 5.30. The van der Waals surface area contributed by atoms with Crippen LogP contribution in [0.3, 0.4) is 0 Å². The number of piperidine rings is 1. The van der Waals surface area contributed by atoms with Gasteiger partial charge in [0.15, 0.2) is 0 Å². The van der Waals surface area contributed by atoms with E-state index in [9.17, 15) is 5.26 Å². The van der Waals surface area contributed by atoms with Crippen molar-refractivity contribution in [2.75, 3.05) is 31.6 Å². The summed E-state index contributed by atoms with van der Waals surface area (Å²) in [5, 5.41) is 12.9. The van der Waals surface area contributed by atoms with Crippen LogP contribution in [0.5, 0.6) is 5.75 Å². The van der Waals surface area contributed by atoms with E-state index >= 15 is 0 Å². The fourth-order valence-electron chi connectivity index (χ4n) is 3.65. The highest BCUT2D eigenvalue weighted by Crippen LogP contribution is 2.31. The standard InChI is InChI=1S/C17H23N3O/c1-21-15-5-4-14(12-18)17(11-15)20-9-6-13(7-10-20)16-3-2-8-19-16/h4-5,11,13,16,19H,2-3,6-10H2,1H3. The quantitative estimate of drug-likeness (QED) is 0.927. The molecule has 2 heterocycles. The van der Waals surface area contributed by atoms with Gasteiger partial charge in [0.1, 0.15) is 11.8 Å². The van der Waals surface area contributed by atoms with Crippen LogP contribution < -0.4 is 15.0 Å². The molecular formula is C17H23N3O. The zero-order valence-electron chi connectivity index (χ0n) is 12.6. The van der Waals surface area contributed by atoms with E-state index in [4.69, 9.17) is 4.74 Å². The van der Waals surface area contributed by atoms with Gasteiger partial charge in [-0.3, -0.25) is 0 Å². The van der Waals surface area contributed by atoms with Crippen LogP contribution in [-0.4, -0.2) is 32.8 Å². The molecule has 4 heteroatoms. The summed E-state index contributed by atoms with van der Waals surface area (Å²) in [6, 6.07) is 8.73. The van der Waals surface area contributed by atoms with Crippen molar-refractivity contribution in [3.05, 3.63) is 23.8 Å². The number of hydrogen-bond donors (Lipinski definition) is 1. The molecule has 1 aromatic rings. The number of anilines is 1. The number of benzene rings is 1. The van der Waals surface area contributed by atoms with Gasteiger partial charge < -0.3 is 15.0 Å². The third-order valence-electron chi connectivity index (χ3n) is 4.87. The Morgan fingerprint density at radius 2 is 2.10 bits per heavy atom. The fraction of sp³-hybridized carbons (Fsp3) is 0.588. The molecule has 21 heavy (non-hydrogen) atoms. The first-order valence-electron chi connectivity index (χ1n) is 7.88. The molecular weight excluding hydrogens is 262 g/mol. The number of methoxy groups -OCH3 is 1. The van der Waals surface area contributed by atoms with E-state index in [1.807, 2.05) is 18.2 Å². The van der Waals surface area contributed by atoms with Crippen molar-refractivity contribution in [2.24, 2.45) is 5.92 Å². The molecule has 0 bridgehead atoms. The molecule has 2 saturated heterocycles. The Hall–Kier alpha value is -1.73. The molecule has 4 nitrogen and oxygen atoms in total. The summed E-state index contributed by atoms with van der Waals surface area (Å²) in [6.07, 6.45) is 5.06. The highest BCUT2D eigenvalue weighted by Gasteiger charge is 2.29. The second kappa shape index (κ2) is 6.36. The molecule has 1 aromatic carbocycles. The molecule has 1 atom stereocenters. The van der Waals surface area contributed by atoms with Gasteiger partial charge in [0, 0.05) is 25.2 Å². The Bertz CT molecular complexity index is 523. The topological polar surface area (TPSA) is 48.3 Å². The maximum Gasteiger partial charge on any atom is 0.121 e. The fourth-order valence-corrected chi connectivity index (χ4v) is 3.65. The SMILES string of the molecule is COc1ccc(C#N)c(N2CCC(C3CCCN3)CC2)c1. The van der Waals surface area contributed by atoms with E-state index in [-0.39, 0.29) is 0 Å². The predicted molar refractivity (Wildman–Crippen MR) is 83.7 cm³/mol. The van der Waals surface area contributed by atoms with Crippen molar-refractivity contribution in [3.63, 3.8) is 0 Å². The molecule has 2 aliphatic rings. The van der Waals surface area contributed by atoms with Crippen LogP contribution in [0.15, 0.2) is 18.2 Å². The van der Waals surface area contributed by atoms with Crippen molar-refractivity contribution >= 4 is 5.69 Å². The molecule has 112 valence electrons. The molecule has 2 aliphatic heterocycles. The molecule has 0 aromatic heterocycles. The zero-order chi connectivity index (χ0) is 14.7. The van der Waals surface area contributed by atoms with Crippen LogP contribution in [0.2, 0.25) is 0 Å². The van der Waals surface area contributed by atoms with Crippen LogP contribution in [0.4, 0.5) is 5.69 Å². The minimum atomic E-state index is 0.716. The van der Waals surface area contributed by atoms with Gasteiger partial charge in [-0.05, 0) is 50.3 Å². The molecule has 2 fully saturated rings. The van der Waals surface area contributed by atoms with E-state index < -0.39 is 0 Å². The molecule has 1 N–H and O–H groups in total. The average molecular weight is 285 g/mol. The Balaban J connectivity index is 1.70. The smallest absolute Gasteiger partial charge is 0.121 e. The van der Waals surface area contributed by atoms with Gasteiger partial charge in [-0.25, -0.2) is 0 Å². The lowest BCUT2D eigenvalue weighted by Gasteiger charge is -2.36. The molecule has 0 amide bonds. The van der Waals surface area contributed by atoms with Crippen molar-refractivity contribution in [1.82, 2.24) is 5.32 Å². The number of ether oxygens (including phenoxy) is 1. The highest BCUT2D eigenvalue weighted by molar-refractivity contribution is 5.62. The van der Waals surface area contributed by atoms with E-state index in [0.29, 0.717) is 6.04 Å². The zero-order valence-corrected chi connectivity index (χ0v) is 12.6. The normalized spacial score (nSPS) is 23.0. The van der Waals surface area contributed by atoms with Crippen LogP contribution in [0.25, 0.3) is 0 Å². The van der Waals surface area contributed by atoms with Gasteiger partial charge in [-0.2, -0.15) is 5.26 Å². The second-order valence-corrected chi connectivity index (χ2v) is 6.02. The van der Waals surface area contributed by atoms with Gasteiger partial charge in [-0.1, -0.05) is 0 Å². The van der Waals surface area contributed by atoms with Crippen LogP contribution in [0.1, 0.15) is 31.2 Å². The predicted octanol–water partition coefficient (Wildman–Crippen LogP) is 2.54. The first-order chi connectivity index (χ1) is 10.3. The van der Waals surface area contributed by atoms with Crippen molar-refractivity contribution in [1.29, 1.82) is 5.26 Å². The van der Waals surface area contributed by atoms with Gasteiger partial charge in [0.05, 0.1) is 18.4 Å². The molecule has 0 radical (unpaired) electrons. The van der Waals surface area contributed by atoms with Crippen molar-refractivity contribution < 1.29 is 4.74 Å².